The van der Waals surface area contributed by atoms with Crippen molar-refractivity contribution in [2.24, 2.45) is 0 Å². The zero-order chi connectivity index (χ0) is 18.0. The highest BCUT2D eigenvalue weighted by Crippen LogP contribution is 2.35. The summed E-state index contributed by atoms with van der Waals surface area (Å²) in [4.78, 5) is 29.8. The number of amides is 1. The number of carbonyl (C=O) groups is 1. The van der Waals surface area contributed by atoms with E-state index in [0.29, 0.717) is 24.6 Å². The van der Waals surface area contributed by atoms with Crippen molar-refractivity contribution in [1.29, 1.82) is 0 Å². The summed E-state index contributed by atoms with van der Waals surface area (Å²) in [5.41, 5.74) is 1.47. The molecule has 2 heterocycles. The van der Waals surface area contributed by atoms with Crippen molar-refractivity contribution in [2.75, 3.05) is 16.8 Å². The van der Waals surface area contributed by atoms with Gasteiger partial charge in [-0.15, -0.1) is 0 Å². The fourth-order valence-electron chi connectivity index (χ4n) is 2.90. The maximum Gasteiger partial charge on any atom is 0.252 e. The van der Waals surface area contributed by atoms with Crippen molar-refractivity contribution in [3.63, 3.8) is 0 Å². The Balaban J connectivity index is 1.90. The SMILES string of the molecule is CCCOc1c[nH]c(CN2C(=O)C(C)(C)Nc3ccccc32)cc1=O. The molecule has 0 unspecified atom stereocenters. The molecule has 0 atom stereocenters. The molecule has 0 fully saturated rings. The van der Waals surface area contributed by atoms with Gasteiger partial charge in [-0.2, -0.15) is 0 Å². The Hall–Kier alpha value is -2.76. The summed E-state index contributed by atoms with van der Waals surface area (Å²) >= 11 is 0. The second-order valence-corrected chi connectivity index (χ2v) is 6.69. The van der Waals surface area contributed by atoms with Crippen LogP contribution in [0.3, 0.4) is 0 Å². The van der Waals surface area contributed by atoms with E-state index in [4.69, 9.17) is 4.74 Å². The summed E-state index contributed by atoms with van der Waals surface area (Å²) in [5.74, 6) is 0.260. The van der Waals surface area contributed by atoms with Gasteiger partial charge in [0.05, 0.1) is 24.5 Å². The number of H-pyrrole nitrogens is 1. The summed E-state index contributed by atoms with van der Waals surface area (Å²) in [6, 6.07) is 9.16. The average Bonchev–Trinajstić information content (AvgIpc) is 2.58. The first-order chi connectivity index (χ1) is 11.9. The van der Waals surface area contributed by atoms with Crippen molar-refractivity contribution in [3.05, 3.63) is 52.4 Å². The predicted octanol–water partition coefficient (Wildman–Crippen LogP) is 2.90. The molecular weight excluding hydrogens is 318 g/mol. The Morgan fingerprint density at radius 1 is 1.20 bits per heavy atom. The molecule has 1 aliphatic rings. The maximum absolute atomic E-state index is 12.9. The van der Waals surface area contributed by atoms with E-state index in [0.717, 1.165) is 17.8 Å². The van der Waals surface area contributed by atoms with Crippen LogP contribution in [0.4, 0.5) is 11.4 Å². The lowest BCUT2D eigenvalue weighted by Gasteiger charge is -2.39. The largest absolute Gasteiger partial charge is 0.488 e. The number of hydrogen-bond acceptors (Lipinski definition) is 4. The number of aromatic amines is 1. The number of ether oxygens (including phenoxy) is 1. The molecule has 1 aromatic heterocycles. The van der Waals surface area contributed by atoms with Crippen molar-refractivity contribution in [1.82, 2.24) is 4.98 Å². The number of anilines is 2. The van der Waals surface area contributed by atoms with E-state index in [9.17, 15) is 9.59 Å². The number of benzene rings is 1. The van der Waals surface area contributed by atoms with Crippen LogP contribution in [0.5, 0.6) is 5.75 Å². The molecule has 2 N–H and O–H groups in total. The Kier molecular flexibility index (Phi) is 4.53. The highest BCUT2D eigenvalue weighted by Gasteiger charge is 2.38. The minimum Gasteiger partial charge on any atom is -0.488 e. The monoisotopic (exact) mass is 341 g/mol. The summed E-state index contributed by atoms with van der Waals surface area (Å²) in [6.45, 7) is 6.48. The molecule has 3 rings (SSSR count). The molecule has 6 nitrogen and oxygen atoms in total. The number of aromatic nitrogens is 1. The van der Waals surface area contributed by atoms with Gasteiger partial charge in [-0.25, -0.2) is 0 Å². The van der Waals surface area contributed by atoms with E-state index in [1.807, 2.05) is 45.0 Å². The molecular formula is C19H23N3O3. The van der Waals surface area contributed by atoms with Gasteiger partial charge in [-0.1, -0.05) is 19.1 Å². The molecule has 0 saturated carbocycles. The topological polar surface area (TPSA) is 74.4 Å². The third-order valence-corrected chi connectivity index (χ3v) is 4.15. The second-order valence-electron chi connectivity index (χ2n) is 6.69. The van der Waals surface area contributed by atoms with Gasteiger partial charge in [-0.05, 0) is 32.4 Å². The Labute approximate surface area is 146 Å². The molecule has 1 aliphatic heterocycles. The van der Waals surface area contributed by atoms with Crippen LogP contribution in [-0.2, 0) is 11.3 Å². The van der Waals surface area contributed by atoms with Gasteiger partial charge in [0.2, 0.25) is 5.43 Å². The van der Waals surface area contributed by atoms with Crippen LogP contribution in [0.2, 0.25) is 0 Å². The molecule has 25 heavy (non-hydrogen) atoms. The van der Waals surface area contributed by atoms with Gasteiger partial charge in [0.1, 0.15) is 5.54 Å². The molecule has 1 aromatic carbocycles. The van der Waals surface area contributed by atoms with E-state index >= 15 is 0 Å². The first-order valence-electron chi connectivity index (χ1n) is 8.46. The van der Waals surface area contributed by atoms with Crippen molar-refractivity contribution in [3.8, 4) is 5.75 Å². The number of pyridine rings is 1. The highest BCUT2D eigenvalue weighted by atomic mass is 16.5. The molecule has 132 valence electrons. The van der Waals surface area contributed by atoms with Crippen LogP contribution in [-0.4, -0.2) is 23.0 Å². The van der Waals surface area contributed by atoms with Crippen molar-refractivity contribution < 1.29 is 9.53 Å². The normalized spacial score (nSPS) is 15.5. The number of hydrogen-bond donors (Lipinski definition) is 2. The van der Waals surface area contributed by atoms with Crippen LogP contribution in [0.15, 0.2) is 41.3 Å². The summed E-state index contributed by atoms with van der Waals surface area (Å²) in [7, 11) is 0. The lowest BCUT2D eigenvalue weighted by atomic mass is 9.98. The Bertz CT molecular complexity index is 842. The number of nitrogens with one attached hydrogen (secondary N) is 2. The number of fused-ring (bicyclic) bond motifs is 1. The summed E-state index contributed by atoms with van der Waals surface area (Å²) < 4.78 is 5.41. The fourth-order valence-corrected chi connectivity index (χ4v) is 2.90. The molecule has 0 radical (unpaired) electrons. The fraction of sp³-hybridized carbons (Fsp3) is 0.368. The first-order valence-corrected chi connectivity index (χ1v) is 8.46. The standard InChI is InChI=1S/C19H23N3O3/c1-4-9-25-17-11-20-13(10-16(17)23)12-22-15-8-6-5-7-14(15)21-19(2,3)18(22)24/h5-8,10-11,21H,4,9,12H2,1-3H3,(H,20,23). The number of nitrogens with zero attached hydrogens (tertiary/aromatic N) is 1. The van der Waals surface area contributed by atoms with E-state index < -0.39 is 5.54 Å². The van der Waals surface area contributed by atoms with Crippen LogP contribution >= 0.6 is 0 Å². The smallest absolute Gasteiger partial charge is 0.252 e. The van der Waals surface area contributed by atoms with Gasteiger partial charge in [0, 0.05) is 18.0 Å². The third kappa shape index (κ3) is 3.38. The van der Waals surface area contributed by atoms with Crippen LogP contribution in [0.1, 0.15) is 32.9 Å². The molecule has 6 heteroatoms. The predicted molar refractivity (Wildman–Crippen MR) is 98.2 cm³/mol. The third-order valence-electron chi connectivity index (χ3n) is 4.15. The van der Waals surface area contributed by atoms with Gasteiger partial charge in [-0.3, -0.25) is 9.59 Å². The van der Waals surface area contributed by atoms with E-state index in [-0.39, 0.29) is 11.3 Å². The van der Waals surface area contributed by atoms with Crippen molar-refractivity contribution >= 4 is 17.3 Å². The molecule has 0 aliphatic carbocycles. The second kappa shape index (κ2) is 6.63. The van der Waals surface area contributed by atoms with Gasteiger partial charge in [0.15, 0.2) is 5.75 Å². The zero-order valence-corrected chi connectivity index (χ0v) is 14.8. The highest BCUT2D eigenvalue weighted by molar-refractivity contribution is 6.07. The summed E-state index contributed by atoms with van der Waals surface area (Å²) in [6.07, 6.45) is 2.40. The quantitative estimate of drug-likeness (QED) is 0.877. The zero-order valence-electron chi connectivity index (χ0n) is 14.8. The Morgan fingerprint density at radius 2 is 1.96 bits per heavy atom. The maximum atomic E-state index is 12.9. The summed E-state index contributed by atoms with van der Waals surface area (Å²) in [5, 5.41) is 3.26. The number of carbonyl (C=O) groups excluding carboxylic acids is 1. The minimum atomic E-state index is -0.709. The molecule has 0 spiro atoms. The van der Waals surface area contributed by atoms with Crippen LogP contribution in [0.25, 0.3) is 0 Å². The lowest BCUT2D eigenvalue weighted by Crippen LogP contribution is -2.53. The van der Waals surface area contributed by atoms with E-state index in [1.54, 1.807) is 11.1 Å². The van der Waals surface area contributed by atoms with E-state index in [2.05, 4.69) is 10.3 Å². The van der Waals surface area contributed by atoms with Gasteiger partial charge < -0.3 is 19.9 Å². The van der Waals surface area contributed by atoms with Crippen LogP contribution < -0.4 is 20.4 Å². The number of rotatable bonds is 5. The van der Waals surface area contributed by atoms with Crippen LogP contribution in [0, 0.1) is 0 Å². The molecule has 0 saturated heterocycles. The van der Waals surface area contributed by atoms with Crippen molar-refractivity contribution in [2.45, 2.75) is 39.3 Å². The van der Waals surface area contributed by atoms with Gasteiger partial charge in [0.25, 0.3) is 5.91 Å². The Morgan fingerprint density at radius 3 is 2.68 bits per heavy atom. The van der Waals surface area contributed by atoms with E-state index in [1.165, 1.54) is 6.07 Å². The lowest BCUT2D eigenvalue weighted by molar-refractivity contribution is -0.122. The minimum absolute atomic E-state index is 0.0432. The van der Waals surface area contributed by atoms with Gasteiger partial charge >= 0.3 is 0 Å². The average molecular weight is 341 g/mol. The first kappa shape index (κ1) is 17.1. The molecule has 2 aromatic rings. The molecule has 1 amide bonds. The number of para-hydroxylation sites is 2. The molecule has 0 bridgehead atoms.